The fraction of sp³-hybridized carbons (Fsp3) is 0.258. The molecule has 0 aromatic heterocycles. The van der Waals surface area contributed by atoms with Gasteiger partial charge in [0.2, 0.25) is 5.91 Å². The fourth-order valence-electron chi connectivity index (χ4n) is 4.99. The molecule has 0 radical (unpaired) electrons. The Labute approximate surface area is 201 Å². The molecular weight excluding hydrogens is 418 g/mol. The number of fused-ring (bicyclic) bond motifs is 2. The summed E-state index contributed by atoms with van der Waals surface area (Å²) in [4.78, 5) is 14.1. The number of rotatable bonds is 6. The molecule has 1 aliphatic carbocycles. The number of carbonyl (C=O) groups excluding carboxylic acids is 1. The number of ether oxygens (including phenoxy) is 1. The van der Waals surface area contributed by atoms with Gasteiger partial charge in [-0.25, -0.2) is 0 Å². The van der Waals surface area contributed by atoms with Gasteiger partial charge in [0.25, 0.3) is 0 Å². The van der Waals surface area contributed by atoms with E-state index in [1.165, 1.54) is 16.7 Å². The van der Waals surface area contributed by atoms with Gasteiger partial charge in [0.1, 0.15) is 5.75 Å². The van der Waals surface area contributed by atoms with E-state index in [4.69, 9.17) is 4.74 Å². The highest BCUT2D eigenvalue weighted by atomic mass is 16.5. The van der Waals surface area contributed by atoms with E-state index in [-0.39, 0.29) is 5.91 Å². The highest BCUT2D eigenvalue weighted by Gasteiger charge is 2.45. The maximum Gasteiger partial charge on any atom is 0.235 e. The first-order chi connectivity index (χ1) is 16.5. The molecular formula is C31H31NO2. The Balaban J connectivity index is 1.53. The standard InChI is InChI=1S/C31H31NO2/c1-21(2)20-34-29-17-16-28(26-10-6-7-11-27(26)29)32-30(33)31(25-14-12-22(3)13-15-25)18-23-8-4-5-9-24(23)19-31/h4-17,21H,18-20H2,1-3H3,(H,32,33). The summed E-state index contributed by atoms with van der Waals surface area (Å²) in [6, 6.07) is 28.9. The van der Waals surface area contributed by atoms with Crippen LogP contribution in [0.1, 0.15) is 36.1 Å². The predicted molar refractivity (Wildman–Crippen MR) is 140 cm³/mol. The van der Waals surface area contributed by atoms with Crippen molar-refractivity contribution in [3.8, 4) is 5.75 Å². The van der Waals surface area contributed by atoms with Gasteiger partial charge in [0, 0.05) is 16.5 Å². The smallest absolute Gasteiger partial charge is 0.235 e. The van der Waals surface area contributed by atoms with E-state index in [0.717, 1.165) is 27.8 Å². The lowest BCUT2D eigenvalue weighted by molar-refractivity contribution is -0.121. The van der Waals surface area contributed by atoms with Crippen LogP contribution in [-0.2, 0) is 23.1 Å². The van der Waals surface area contributed by atoms with Crippen molar-refractivity contribution in [3.05, 3.63) is 107 Å². The van der Waals surface area contributed by atoms with E-state index in [2.05, 4.69) is 86.8 Å². The van der Waals surface area contributed by atoms with Crippen molar-refractivity contribution in [2.24, 2.45) is 5.92 Å². The monoisotopic (exact) mass is 449 g/mol. The molecule has 0 spiro atoms. The van der Waals surface area contributed by atoms with E-state index in [0.29, 0.717) is 25.4 Å². The number of aryl methyl sites for hydroxylation is 1. The molecule has 5 rings (SSSR count). The maximum atomic E-state index is 14.1. The van der Waals surface area contributed by atoms with Crippen LogP contribution in [0.2, 0.25) is 0 Å². The molecule has 0 fully saturated rings. The predicted octanol–water partition coefficient (Wildman–Crippen LogP) is 6.86. The Morgan fingerprint density at radius 3 is 2.12 bits per heavy atom. The van der Waals surface area contributed by atoms with Crippen molar-refractivity contribution < 1.29 is 9.53 Å². The van der Waals surface area contributed by atoms with E-state index in [9.17, 15) is 4.79 Å². The molecule has 0 saturated carbocycles. The summed E-state index contributed by atoms with van der Waals surface area (Å²) in [5.74, 6) is 1.33. The number of benzene rings is 4. The van der Waals surface area contributed by atoms with Gasteiger partial charge >= 0.3 is 0 Å². The molecule has 4 aromatic carbocycles. The van der Waals surface area contributed by atoms with Crippen LogP contribution < -0.4 is 10.1 Å². The maximum absolute atomic E-state index is 14.1. The molecule has 4 aromatic rings. The van der Waals surface area contributed by atoms with E-state index in [1.54, 1.807) is 0 Å². The zero-order chi connectivity index (χ0) is 23.7. The van der Waals surface area contributed by atoms with Gasteiger partial charge in [0.15, 0.2) is 0 Å². The van der Waals surface area contributed by atoms with Gasteiger partial charge in [-0.3, -0.25) is 4.79 Å². The minimum absolute atomic E-state index is 0.0357. The third-order valence-corrected chi connectivity index (χ3v) is 6.85. The summed E-state index contributed by atoms with van der Waals surface area (Å²) in [7, 11) is 0. The average Bonchev–Trinajstić information content (AvgIpc) is 3.25. The van der Waals surface area contributed by atoms with Crippen LogP contribution in [0.15, 0.2) is 84.9 Å². The van der Waals surface area contributed by atoms with Crippen LogP contribution in [0.25, 0.3) is 10.8 Å². The molecule has 0 bridgehead atoms. The molecule has 0 unspecified atom stereocenters. The second-order valence-corrected chi connectivity index (χ2v) is 9.89. The summed E-state index contributed by atoms with van der Waals surface area (Å²) in [5.41, 5.74) is 4.94. The fourth-order valence-corrected chi connectivity index (χ4v) is 4.99. The van der Waals surface area contributed by atoms with E-state index >= 15 is 0 Å². The van der Waals surface area contributed by atoms with Gasteiger partial charge in [-0.15, -0.1) is 0 Å². The number of nitrogens with one attached hydrogen (secondary N) is 1. The molecule has 0 saturated heterocycles. The number of anilines is 1. The lowest BCUT2D eigenvalue weighted by Gasteiger charge is -2.29. The molecule has 3 nitrogen and oxygen atoms in total. The van der Waals surface area contributed by atoms with Gasteiger partial charge in [0.05, 0.1) is 12.0 Å². The average molecular weight is 450 g/mol. The van der Waals surface area contributed by atoms with Gasteiger partial charge in [-0.05, 0) is 54.5 Å². The Bertz CT molecular complexity index is 1310. The Hall–Kier alpha value is -3.59. The van der Waals surface area contributed by atoms with E-state index in [1.807, 2.05) is 24.3 Å². The summed E-state index contributed by atoms with van der Waals surface area (Å²) in [5, 5.41) is 5.32. The van der Waals surface area contributed by atoms with Gasteiger partial charge in [-0.1, -0.05) is 92.2 Å². The van der Waals surface area contributed by atoms with Crippen LogP contribution in [-0.4, -0.2) is 12.5 Å². The normalized spacial score (nSPS) is 14.2. The Morgan fingerprint density at radius 2 is 1.47 bits per heavy atom. The quantitative estimate of drug-likeness (QED) is 0.349. The third-order valence-electron chi connectivity index (χ3n) is 6.85. The van der Waals surface area contributed by atoms with Crippen molar-refractivity contribution in [1.29, 1.82) is 0 Å². The van der Waals surface area contributed by atoms with Crippen molar-refractivity contribution in [3.63, 3.8) is 0 Å². The van der Waals surface area contributed by atoms with Crippen LogP contribution >= 0.6 is 0 Å². The first-order valence-corrected chi connectivity index (χ1v) is 12.1. The second kappa shape index (κ2) is 8.98. The minimum atomic E-state index is -0.634. The molecule has 0 atom stereocenters. The van der Waals surface area contributed by atoms with Crippen molar-refractivity contribution in [1.82, 2.24) is 0 Å². The third kappa shape index (κ3) is 4.07. The van der Waals surface area contributed by atoms with Crippen molar-refractivity contribution >= 4 is 22.4 Å². The molecule has 172 valence electrons. The summed E-state index contributed by atoms with van der Waals surface area (Å²) in [6.07, 6.45) is 1.40. The van der Waals surface area contributed by atoms with Gasteiger partial charge < -0.3 is 10.1 Å². The molecule has 1 aliphatic rings. The minimum Gasteiger partial charge on any atom is -0.493 e. The molecule has 34 heavy (non-hydrogen) atoms. The van der Waals surface area contributed by atoms with Crippen LogP contribution in [0.4, 0.5) is 5.69 Å². The number of hydrogen-bond donors (Lipinski definition) is 1. The zero-order valence-corrected chi connectivity index (χ0v) is 20.1. The van der Waals surface area contributed by atoms with Crippen molar-refractivity contribution in [2.45, 2.75) is 39.0 Å². The van der Waals surface area contributed by atoms with Crippen LogP contribution in [0.5, 0.6) is 5.75 Å². The summed E-state index contributed by atoms with van der Waals surface area (Å²) >= 11 is 0. The first-order valence-electron chi connectivity index (χ1n) is 12.1. The van der Waals surface area contributed by atoms with E-state index < -0.39 is 5.41 Å². The topological polar surface area (TPSA) is 38.3 Å². The first kappa shape index (κ1) is 22.2. The SMILES string of the molecule is Cc1ccc(C2(C(=O)Nc3ccc(OCC(C)C)c4ccccc34)Cc3ccccc3C2)cc1. The molecule has 1 N–H and O–H groups in total. The Kier molecular flexibility index (Phi) is 5.87. The summed E-state index contributed by atoms with van der Waals surface area (Å²) < 4.78 is 6.07. The molecule has 3 heteroatoms. The Morgan fingerprint density at radius 1 is 0.853 bits per heavy atom. The number of carbonyl (C=O) groups is 1. The molecule has 0 aliphatic heterocycles. The van der Waals surface area contributed by atoms with Crippen molar-refractivity contribution in [2.75, 3.05) is 11.9 Å². The lowest BCUT2D eigenvalue weighted by Crippen LogP contribution is -2.41. The molecule has 1 amide bonds. The van der Waals surface area contributed by atoms with Crippen LogP contribution in [0.3, 0.4) is 0 Å². The highest BCUT2D eigenvalue weighted by molar-refractivity contribution is 6.07. The second-order valence-electron chi connectivity index (χ2n) is 9.89. The van der Waals surface area contributed by atoms with Crippen LogP contribution in [0, 0.1) is 12.8 Å². The zero-order valence-electron chi connectivity index (χ0n) is 20.1. The van der Waals surface area contributed by atoms with Gasteiger partial charge in [-0.2, -0.15) is 0 Å². The highest BCUT2D eigenvalue weighted by Crippen LogP contribution is 2.42. The summed E-state index contributed by atoms with van der Waals surface area (Å²) in [6.45, 7) is 7.02. The number of hydrogen-bond acceptors (Lipinski definition) is 2. The number of amides is 1. The molecule has 0 heterocycles. The largest absolute Gasteiger partial charge is 0.493 e. The lowest BCUT2D eigenvalue weighted by atomic mass is 9.76.